The lowest BCUT2D eigenvalue weighted by Gasteiger charge is -2.36. The molecule has 20 nitrogen and oxygen atoms in total. The maximum Gasteiger partial charge on any atom is 0.258 e. The van der Waals surface area contributed by atoms with Crippen LogP contribution in [0.25, 0.3) is 44.1 Å². The first-order valence-corrected chi connectivity index (χ1v) is 26.7. The number of hydrogen-bond donors (Lipinski definition) is 4. The lowest BCUT2D eigenvalue weighted by atomic mass is 9.85. The number of tetrazole rings is 1. The zero-order chi connectivity index (χ0) is 53.4. The first-order valence-electron chi connectivity index (χ1n) is 25.8. The van der Waals surface area contributed by atoms with E-state index in [-0.39, 0.29) is 76.6 Å². The van der Waals surface area contributed by atoms with Crippen LogP contribution in [0.3, 0.4) is 0 Å². The molecule has 2 aliphatic heterocycles. The molecule has 3 aliphatic rings. The Morgan fingerprint density at radius 1 is 0.908 bits per heavy atom. The Labute approximate surface area is 443 Å². The summed E-state index contributed by atoms with van der Waals surface area (Å²) in [5.41, 5.74) is 3.91. The molecule has 3 unspecified atom stereocenters. The van der Waals surface area contributed by atoms with Gasteiger partial charge in [0, 0.05) is 50.1 Å². The van der Waals surface area contributed by atoms with Crippen molar-refractivity contribution in [3.05, 3.63) is 83.5 Å². The number of fused-ring (bicyclic) bond motifs is 1. The number of nitrogens with zero attached hydrogens (tertiary/aromatic N) is 7. The molecule has 0 bridgehead atoms. The summed E-state index contributed by atoms with van der Waals surface area (Å²) in [6.07, 6.45) is 2.64. The van der Waals surface area contributed by atoms with E-state index < -0.39 is 46.9 Å². The summed E-state index contributed by atoms with van der Waals surface area (Å²) in [6.45, 7) is 9.94. The van der Waals surface area contributed by atoms with Gasteiger partial charge in [-0.25, -0.2) is 9.37 Å². The van der Waals surface area contributed by atoms with E-state index in [0.717, 1.165) is 32.6 Å². The van der Waals surface area contributed by atoms with Gasteiger partial charge in [0.15, 0.2) is 11.4 Å². The van der Waals surface area contributed by atoms with Crippen LogP contribution in [0.5, 0.6) is 5.75 Å². The topological polar surface area (TPSA) is 249 Å². The van der Waals surface area contributed by atoms with Crippen LogP contribution in [0, 0.1) is 12.3 Å². The third-order valence-corrected chi connectivity index (χ3v) is 15.0. The number of amides is 5. The fourth-order valence-electron chi connectivity index (χ4n) is 9.54. The molecule has 2 saturated heterocycles. The van der Waals surface area contributed by atoms with Gasteiger partial charge in [-0.2, -0.15) is 5.21 Å². The monoisotopic (exact) mass is 1060 g/mol. The van der Waals surface area contributed by atoms with Crippen molar-refractivity contribution in [1.29, 1.82) is 0 Å². The van der Waals surface area contributed by atoms with Crippen molar-refractivity contribution in [3.8, 4) is 38.9 Å². The molecule has 1 aliphatic carbocycles. The predicted molar refractivity (Wildman–Crippen MR) is 279 cm³/mol. The number of aryl methyl sites for hydroxylation is 1. The largest absolute Gasteiger partial charge is 0.490 e. The summed E-state index contributed by atoms with van der Waals surface area (Å²) in [5.74, 6) is -0.217. The molecule has 4 N–H and O–H groups in total. The summed E-state index contributed by atoms with van der Waals surface area (Å²) in [7, 11) is 0. The number of rotatable bonds is 22. The van der Waals surface area contributed by atoms with Crippen LogP contribution < -0.4 is 20.7 Å². The third-order valence-electron chi connectivity index (χ3n) is 14.0. The summed E-state index contributed by atoms with van der Waals surface area (Å²) in [4.78, 5) is 76.1. The van der Waals surface area contributed by atoms with E-state index in [4.69, 9.17) is 18.7 Å². The van der Waals surface area contributed by atoms with Crippen LogP contribution in [0.2, 0.25) is 0 Å². The first kappa shape index (κ1) is 53.6. The molecule has 6 aromatic rings. The summed E-state index contributed by atoms with van der Waals surface area (Å²) >= 11 is 1.52. The smallest absolute Gasteiger partial charge is 0.258 e. The molecule has 9 rings (SSSR count). The number of aromatic nitrogens is 6. The van der Waals surface area contributed by atoms with Crippen molar-refractivity contribution in [2.24, 2.45) is 5.41 Å². The number of carbonyl (C=O) groups excluding carboxylic acids is 5. The van der Waals surface area contributed by atoms with Crippen LogP contribution in [0.15, 0.2) is 76.8 Å². The highest BCUT2D eigenvalue weighted by molar-refractivity contribution is 7.13. The van der Waals surface area contributed by atoms with Crippen LogP contribution in [0.4, 0.5) is 4.39 Å². The number of thiazole rings is 1. The number of halogens is 1. The van der Waals surface area contributed by atoms with E-state index in [1.54, 1.807) is 26.3 Å². The van der Waals surface area contributed by atoms with Gasteiger partial charge >= 0.3 is 0 Å². The maximum atomic E-state index is 14.7. The molecule has 1 saturated carbocycles. The highest BCUT2D eigenvalue weighted by atomic mass is 32.1. The van der Waals surface area contributed by atoms with Gasteiger partial charge in [-0.15, -0.1) is 21.5 Å². The van der Waals surface area contributed by atoms with Crippen LogP contribution >= 0.6 is 11.3 Å². The van der Waals surface area contributed by atoms with Crippen molar-refractivity contribution < 1.29 is 47.1 Å². The second kappa shape index (κ2) is 23.8. The number of H-pyrrole nitrogens is 1. The molecule has 3 aromatic heterocycles. The predicted octanol–water partition coefficient (Wildman–Crippen LogP) is 6.29. The van der Waals surface area contributed by atoms with E-state index in [9.17, 15) is 28.4 Å². The van der Waals surface area contributed by atoms with Gasteiger partial charge in [-0.05, 0) is 84.7 Å². The van der Waals surface area contributed by atoms with Gasteiger partial charge < -0.3 is 44.5 Å². The number of hydrogen-bond acceptors (Lipinski definition) is 15. The average molecular weight is 1060 g/mol. The number of benzene rings is 3. The fourth-order valence-corrected chi connectivity index (χ4v) is 10.4. The van der Waals surface area contributed by atoms with Crippen LogP contribution in [-0.2, 0) is 33.4 Å². The van der Waals surface area contributed by atoms with Gasteiger partial charge in [-0.1, -0.05) is 62.3 Å². The van der Waals surface area contributed by atoms with Crippen LogP contribution in [-0.4, -0.2) is 147 Å². The lowest BCUT2D eigenvalue weighted by molar-refractivity contribution is -0.145. The number of carbonyl (C=O) groups is 5. The van der Waals surface area contributed by atoms with E-state index in [1.807, 2.05) is 78.6 Å². The highest BCUT2D eigenvalue weighted by Crippen LogP contribution is 2.41. The Balaban J connectivity index is 0.690. The second-order valence-electron chi connectivity index (χ2n) is 20.6. The Bertz CT molecular complexity index is 2990. The van der Waals surface area contributed by atoms with Crippen molar-refractivity contribution in [2.45, 2.75) is 109 Å². The molecule has 5 heterocycles. The molecule has 5 amide bonds. The molecular weight excluding hydrogens is 998 g/mol. The van der Waals surface area contributed by atoms with Gasteiger partial charge in [0.2, 0.25) is 29.5 Å². The number of ether oxygens (including phenoxy) is 3. The minimum atomic E-state index is -1.96. The Morgan fingerprint density at radius 3 is 2.38 bits per heavy atom. The molecule has 3 aromatic carbocycles. The SMILES string of the molecule is Cc1ncsc1-c1ccc(C(CC(=O)NCCOCCOCCC(=O)N2CCC(Oc3cccc(-c4onc5ccc(-c6nn[nH]n6)cc45)c3)CC2)NC(=O)C2CCCN2C(=O)C(NC(=O)C2(F)CC2)C(C)(C)C)cc1. The van der Waals surface area contributed by atoms with Gasteiger partial charge in [0.25, 0.3) is 5.91 Å². The average Bonchev–Trinajstić information content (AvgIpc) is 4.02. The molecule has 22 heteroatoms. The third kappa shape index (κ3) is 13.1. The van der Waals surface area contributed by atoms with E-state index in [1.165, 1.54) is 16.2 Å². The van der Waals surface area contributed by atoms with Crippen molar-refractivity contribution in [3.63, 3.8) is 0 Å². The molecule has 3 atom stereocenters. The normalized spacial score (nSPS) is 17.3. The van der Waals surface area contributed by atoms with E-state index in [0.29, 0.717) is 73.7 Å². The maximum absolute atomic E-state index is 14.7. The van der Waals surface area contributed by atoms with Crippen molar-refractivity contribution >= 4 is 51.8 Å². The Hall–Kier alpha value is -7.17. The van der Waals surface area contributed by atoms with E-state index in [2.05, 4.69) is 46.7 Å². The minimum Gasteiger partial charge on any atom is -0.490 e. The molecule has 3 fully saturated rings. The number of nitrogens with one attached hydrogen (secondary N) is 4. The number of aromatic amines is 1. The fraction of sp³-hybridized carbons (Fsp3) is 0.481. The minimum absolute atomic E-state index is 0.0106. The molecule has 0 radical (unpaired) electrons. The number of piperidine rings is 1. The standard InChI is InChI=1S/C54H64FN11O9S/c1-33-47(76-32-57-33)35-12-10-34(11-13-35)42(58-50(69)43-9-6-22-66(43)51(70)48(53(2,3)4)59-52(71)54(55)19-20-54)31-44(67)56-21-26-73-28-27-72-25-18-45(68)65-23-16-38(17-24-65)74-39-8-5-7-36(29-39)46-40-30-37(49-60-63-64-61-49)14-15-41(40)62-75-46/h5,7-8,10-15,29-30,32,38,42-43,48H,6,9,16-28,31H2,1-4H3,(H,56,67)(H,58,69)(H,59,71)(H,60,61,63,64). The summed E-state index contributed by atoms with van der Waals surface area (Å²) in [6, 6.07) is 18.3. The van der Waals surface area contributed by atoms with Gasteiger partial charge in [0.05, 0.1) is 66.8 Å². The Morgan fingerprint density at radius 2 is 1.67 bits per heavy atom. The summed E-state index contributed by atoms with van der Waals surface area (Å²) < 4.78 is 38.3. The molecule has 0 spiro atoms. The van der Waals surface area contributed by atoms with Crippen LogP contribution in [0.1, 0.15) is 89.4 Å². The second-order valence-corrected chi connectivity index (χ2v) is 21.5. The highest BCUT2D eigenvalue weighted by Gasteiger charge is 2.53. The van der Waals surface area contributed by atoms with Crippen molar-refractivity contribution in [2.75, 3.05) is 52.6 Å². The Kier molecular flexibility index (Phi) is 16.8. The zero-order valence-corrected chi connectivity index (χ0v) is 44.0. The molecule has 76 heavy (non-hydrogen) atoms. The lowest BCUT2D eigenvalue weighted by Crippen LogP contribution is -2.59. The quantitative estimate of drug-likeness (QED) is 0.0546. The molecular formula is C54H64FN11O9S. The van der Waals surface area contributed by atoms with E-state index >= 15 is 0 Å². The summed E-state index contributed by atoms with van der Waals surface area (Å²) in [5, 5.41) is 27.9. The van der Waals surface area contributed by atoms with Gasteiger partial charge in [0.1, 0.15) is 29.5 Å². The van der Waals surface area contributed by atoms with Crippen molar-refractivity contribution in [1.82, 2.24) is 56.5 Å². The first-order chi connectivity index (χ1) is 36.6. The number of likely N-dealkylation sites (tertiary alicyclic amines) is 2. The van der Waals surface area contributed by atoms with Gasteiger partial charge in [-0.3, -0.25) is 24.0 Å². The number of alkyl halides is 1. The molecule has 402 valence electrons. The zero-order valence-electron chi connectivity index (χ0n) is 43.1.